The largest absolute Gasteiger partial charge is 0.481 e. The fourth-order valence-electron chi connectivity index (χ4n) is 3.01. The van der Waals surface area contributed by atoms with Crippen molar-refractivity contribution < 1.29 is 4.74 Å². The average Bonchev–Trinajstić information content (AvgIpc) is 2.96. The normalized spacial score (nSPS) is 19.1. The van der Waals surface area contributed by atoms with Gasteiger partial charge >= 0.3 is 0 Å². The van der Waals surface area contributed by atoms with Crippen molar-refractivity contribution in [2.24, 2.45) is 0 Å². The maximum absolute atomic E-state index is 5.42. The fourth-order valence-corrected chi connectivity index (χ4v) is 3.01. The predicted octanol–water partition coefficient (Wildman–Crippen LogP) is 3.43. The van der Waals surface area contributed by atoms with Crippen LogP contribution in [0.4, 0.5) is 0 Å². The summed E-state index contributed by atoms with van der Waals surface area (Å²) in [7, 11) is 1.70. The van der Waals surface area contributed by atoms with Crippen LogP contribution in [0.1, 0.15) is 30.0 Å². The molecule has 0 radical (unpaired) electrons. The fraction of sp³-hybridized carbons (Fsp3) is 0.353. The van der Waals surface area contributed by atoms with Crippen LogP contribution in [0.15, 0.2) is 48.7 Å². The lowest BCUT2D eigenvalue weighted by molar-refractivity contribution is 0.241. The first kappa shape index (κ1) is 13.1. The van der Waals surface area contributed by atoms with Gasteiger partial charge in [0.15, 0.2) is 0 Å². The van der Waals surface area contributed by atoms with E-state index in [4.69, 9.17) is 4.74 Å². The van der Waals surface area contributed by atoms with Crippen LogP contribution in [0.25, 0.3) is 0 Å². The molecule has 0 amide bonds. The van der Waals surface area contributed by atoms with Crippen LogP contribution in [-0.2, 0) is 6.54 Å². The van der Waals surface area contributed by atoms with Crippen molar-refractivity contribution in [2.75, 3.05) is 13.7 Å². The molecule has 0 saturated carbocycles. The molecule has 1 saturated heterocycles. The molecular formula is C17H20N2O. The molecular weight excluding hydrogens is 248 g/mol. The Kier molecular flexibility index (Phi) is 3.97. The quantitative estimate of drug-likeness (QED) is 0.849. The average molecular weight is 268 g/mol. The van der Waals surface area contributed by atoms with Crippen LogP contribution in [0, 0.1) is 0 Å². The van der Waals surface area contributed by atoms with Gasteiger partial charge < -0.3 is 4.74 Å². The molecule has 1 aliphatic heterocycles. The number of rotatable bonds is 4. The SMILES string of the molecule is COc1ncccc1C1CCCN1Cc1ccccc1. The zero-order valence-electron chi connectivity index (χ0n) is 11.8. The number of methoxy groups -OCH3 is 1. The van der Waals surface area contributed by atoms with Crippen molar-refractivity contribution >= 4 is 0 Å². The molecule has 2 aromatic rings. The predicted molar refractivity (Wildman–Crippen MR) is 79.6 cm³/mol. The van der Waals surface area contributed by atoms with Gasteiger partial charge in [0.1, 0.15) is 0 Å². The Morgan fingerprint density at radius 2 is 2.05 bits per heavy atom. The number of likely N-dealkylation sites (tertiary alicyclic amines) is 1. The summed E-state index contributed by atoms with van der Waals surface area (Å²) in [6, 6.07) is 15.2. The van der Waals surface area contributed by atoms with Gasteiger partial charge in [-0.25, -0.2) is 4.98 Å². The topological polar surface area (TPSA) is 25.4 Å². The summed E-state index contributed by atoms with van der Waals surface area (Å²) in [6.45, 7) is 2.13. The van der Waals surface area contributed by atoms with Gasteiger partial charge in [-0.3, -0.25) is 4.90 Å². The van der Waals surface area contributed by atoms with Gasteiger partial charge in [-0.15, -0.1) is 0 Å². The summed E-state index contributed by atoms with van der Waals surface area (Å²) in [5.74, 6) is 0.762. The molecule has 1 unspecified atom stereocenters. The summed E-state index contributed by atoms with van der Waals surface area (Å²) in [5, 5.41) is 0. The molecule has 3 rings (SSSR count). The van der Waals surface area contributed by atoms with Gasteiger partial charge in [-0.2, -0.15) is 0 Å². The highest BCUT2D eigenvalue weighted by molar-refractivity contribution is 5.30. The molecule has 1 aromatic heterocycles. The van der Waals surface area contributed by atoms with E-state index in [9.17, 15) is 0 Å². The van der Waals surface area contributed by atoms with Crippen molar-refractivity contribution in [1.82, 2.24) is 9.88 Å². The first-order valence-corrected chi connectivity index (χ1v) is 7.15. The van der Waals surface area contributed by atoms with E-state index < -0.39 is 0 Å². The highest BCUT2D eigenvalue weighted by atomic mass is 16.5. The molecule has 3 heteroatoms. The second-order valence-electron chi connectivity index (χ2n) is 5.22. The van der Waals surface area contributed by atoms with Crippen LogP contribution in [0.2, 0.25) is 0 Å². The van der Waals surface area contributed by atoms with Crippen LogP contribution in [-0.4, -0.2) is 23.5 Å². The molecule has 0 spiro atoms. The van der Waals surface area contributed by atoms with Gasteiger partial charge in [0.05, 0.1) is 7.11 Å². The third-order valence-electron chi connectivity index (χ3n) is 3.95. The Labute approximate surface area is 120 Å². The number of hydrogen-bond acceptors (Lipinski definition) is 3. The molecule has 20 heavy (non-hydrogen) atoms. The summed E-state index contributed by atoms with van der Waals surface area (Å²) in [4.78, 5) is 6.86. The first-order valence-electron chi connectivity index (χ1n) is 7.15. The number of ether oxygens (including phenoxy) is 1. The van der Waals surface area contributed by atoms with Crippen molar-refractivity contribution in [1.29, 1.82) is 0 Å². The molecule has 0 aliphatic carbocycles. The molecule has 0 bridgehead atoms. The van der Waals surface area contributed by atoms with Crippen molar-refractivity contribution in [3.63, 3.8) is 0 Å². The maximum Gasteiger partial charge on any atom is 0.217 e. The first-order chi connectivity index (χ1) is 9.88. The van der Waals surface area contributed by atoms with Crippen LogP contribution >= 0.6 is 0 Å². The minimum Gasteiger partial charge on any atom is -0.481 e. The third-order valence-corrected chi connectivity index (χ3v) is 3.95. The summed E-state index contributed by atoms with van der Waals surface area (Å²) < 4.78 is 5.42. The van der Waals surface area contributed by atoms with Gasteiger partial charge in [0, 0.05) is 24.3 Å². The molecule has 1 aliphatic rings. The van der Waals surface area contributed by atoms with Crippen LogP contribution in [0.5, 0.6) is 5.88 Å². The van der Waals surface area contributed by atoms with E-state index in [0.29, 0.717) is 6.04 Å². The van der Waals surface area contributed by atoms with Gasteiger partial charge in [0.25, 0.3) is 0 Å². The van der Waals surface area contributed by atoms with Crippen LogP contribution in [0.3, 0.4) is 0 Å². The Balaban J connectivity index is 1.82. The van der Waals surface area contributed by atoms with Crippen LogP contribution < -0.4 is 4.74 Å². The lowest BCUT2D eigenvalue weighted by Gasteiger charge is -2.25. The third kappa shape index (κ3) is 2.68. The molecule has 0 N–H and O–H groups in total. The van der Waals surface area contributed by atoms with E-state index in [2.05, 4.69) is 46.3 Å². The van der Waals surface area contributed by atoms with E-state index in [1.807, 2.05) is 6.07 Å². The minimum absolute atomic E-state index is 0.416. The smallest absolute Gasteiger partial charge is 0.217 e. The standard InChI is InChI=1S/C17H20N2O/c1-20-17-15(9-5-11-18-17)16-10-6-12-19(16)13-14-7-3-2-4-8-14/h2-5,7-9,11,16H,6,10,12-13H2,1H3. The van der Waals surface area contributed by atoms with Crippen molar-refractivity contribution in [3.05, 3.63) is 59.8 Å². The maximum atomic E-state index is 5.42. The van der Waals surface area contributed by atoms with Gasteiger partial charge in [-0.05, 0) is 31.0 Å². The molecule has 104 valence electrons. The highest BCUT2D eigenvalue weighted by Gasteiger charge is 2.28. The number of benzene rings is 1. The lowest BCUT2D eigenvalue weighted by atomic mass is 10.1. The zero-order chi connectivity index (χ0) is 13.8. The van der Waals surface area contributed by atoms with Crippen molar-refractivity contribution in [3.8, 4) is 5.88 Å². The lowest BCUT2D eigenvalue weighted by Crippen LogP contribution is -2.23. The minimum atomic E-state index is 0.416. The monoisotopic (exact) mass is 268 g/mol. The van der Waals surface area contributed by atoms with E-state index >= 15 is 0 Å². The molecule has 3 nitrogen and oxygen atoms in total. The van der Waals surface area contributed by atoms with Crippen molar-refractivity contribution in [2.45, 2.75) is 25.4 Å². The van der Waals surface area contributed by atoms with E-state index in [-0.39, 0.29) is 0 Å². The summed E-state index contributed by atoms with van der Waals surface area (Å²) in [5.41, 5.74) is 2.57. The Morgan fingerprint density at radius 1 is 1.20 bits per heavy atom. The van der Waals surface area contributed by atoms with Gasteiger partial charge in [-0.1, -0.05) is 36.4 Å². The second-order valence-corrected chi connectivity index (χ2v) is 5.22. The highest BCUT2D eigenvalue weighted by Crippen LogP contribution is 2.36. The number of pyridine rings is 1. The number of nitrogens with zero attached hydrogens (tertiary/aromatic N) is 2. The zero-order valence-corrected chi connectivity index (χ0v) is 11.8. The van der Waals surface area contributed by atoms with Gasteiger partial charge in [0.2, 0.25) is 5.88 Å². The molecule has 1 fully saturated rings. The summed E-state index contributed by atoms with van der Waals surface area (Å²) in [6.07, 6.45) is 4.20. The Morgan fingerprint density at radius 3 is 2.85 bits per heavy atom. The van der Waals surface area contributed by atoms with E-state index in [1.165, 1.54) is 24.0 Å². The number of hydrogen-bond donors (Lipinski definition) is 0. The Hall–Kier alpha value is -1.87. The summed E-state index contributed by atoms with van der Waals surface area (Å²) >= 11 is 0. The van der Waals surface area contributed by atoms with E-state index in [1.54, 1.807) is 13.3 Å². The molecule has 1 aromatic carbocycles. The molecule has 2 heterocycles. The number of aromatic nitrogens is 1. The Bertz CT molecular complexity index is 556. The molecule has 1 atom stereocenters. The second kappa shape index (κ2) is 6.06. The van der Waals surface area contributed by atoms with E-state index in [0.717, 1.165) is 19.0 Å².